The molecule has 6 rings (SSSR count). The molecule has 0 bridgehead atoms. The normalized spacial score (nSPS) is 10.8. The third-order valence-corrected chi connectivity index (χ3v) is 12.6. The monoisotopic (exact) mass is 1090 g/mol. The smallest absolute Gasteiger partial charge is 0.870 e. The summed E-state index contributed by atoms with van der Waals surface area (Å²) in [5.74, 6) is -4.58. The number of ether oxygens (including phenoxy) is 3. The van der Waals surface area contributed by atoms with Crippen LogP contribution in [0.4, 0.5) is 13.2 Å². The molecule has 0 aliphatic heterocycles. The van der Waals surface area contributed by atoms with E-state index in [1.807, 2.05) is 12.5 Å². The first-order valence-electron chi connectivity index (χ1n) is 16.1. The Balaban J connectivity index is 0.000000307. The van der Waals surface area contributed by atoms with Crippen molar-refractivity contribution in [1.29, 1.82) is 0 Å². The fraction of sp³-hybridized carbons (Fsp3) is 0.250. The molecule has 0 radical (unpaired) electrons. The number of esters is 3. The molecule has 20 nitrogen and oxygen atoms in total. The maximum Gasteiger partial charge on any atom is 1.00 e. The third kappa shape index (κ3) is 15.2. The first kappa shape index (κ1) is 57.6. The van der Waals surface area contributed by atoms with E-state index in [4.69, 9.17) is 28.3 Å². The molecule has 0 unspecified atom stereocenters. The number of methoxy groups -OCH3 is 3. The number of carbonyl (C=O) groups is 4. The molecular formula is C32H26Cl2F3N8NaO12S7. The molecule has 6 heterocycles. The van der Waals surface area contributed by atoms with Crippen LogP contribution in [0.2, 0.25) is 10.0 Å². The number of thioether (sulfide) groups is 4. The fourth-order valence-electron chi connectivity index (χ4n) is 3.89. The molecule has 6 aromatic rings. The van der Waals surface area contributed by atoms with Gasteiger partial charge in [0.15, 0.2) is 42.6 Å². The topological polar surface area (TPSA) is 286 Å². The van der Waals surface area contributed by atoms with Gasteiger partial charge in [0.05, 0.1) is 58.7 Å². The number of thiophene rings is 2. The number of halogens is 5. The molecule has 0 spiro atoms. The van der Waals surface area contributed by atoms with Crippen LogP contribution in [0.1, 0.15) is 40.3 Å². The predicted molar refractivity (Wildman–Crippen MR) is 232 cm³/mol. The number of aromatic nitrogens is 8. The predicted octanol–water partition coefficient (Wildman–Crippen LogP) is 3.89. The van der Waals surface area contributed by atoms with Crippen molar-refractivity contribution in [3.05, 3.63) is 56.0 Å². The summed E-state index contributed by atoms with van der Waals surface area (Å²) in [7, 11) is -2.45. The Bertz CT molecular complexity index is 2800. The van der Waals surface area contributed by atoms with Crippen LogP contribution in [0.5, 0.6) is 11.5 Å². The molecule has 0 aliphatic rings. The standard InChI is InChI=1S/C10H7F3N2O5S3.C9H8N2O3S2.C7H7ClN2O2S.C6H5ClN2O2S.Na/c1-19-8(16)7-6(20-23(17,18)10(11,12)13)5-4(22-7)3-14-9(15-5)21-2;1-14-8(13)7-6(12)5-4(16-7)3-10-9(11-5)15-2;1-12-6(11)5-4(8)3-9-7(10-5)13-2;1-12-6-8-2-3(7)4(9-6)5(10)11;/h3H,1-2H3;3,12H,1-2H3;3H,1-2H3;2H,1H3,(H,10,11);/q;;;;+1/p-1. The molecule has 1 N–H and O–H groups in total. The van der Waals surface area contributed by atoms with Crippen molar-refractivity contribution in [3.8, 4) is 11.5 Å². The van der Waals surface area contributed by atoms with Gasteiger partial charge in [0.25, 0.3) is 0 Å². The molecular weight excluding hydrogens is 1060 g/mol. The minimum absolute atomic E-state index is 0. The quantitative estimate of drug-likeness (QED) is 0.0387. The van der Waals surface area contributed by atoms with Crippen molar-refractivity contribution < 1.29 is 98.9 Å². The Morgan fingerprint density at radius 2 is 1.05 bits per heavy atom. The van der Waals surface area contributed by atoms with Crippen molar-refractivity contribution >= 4 is 147 Å². The average molecular weight is 1090 g/mol. The molecule has 0 atom stereocenters. The summed E-state index contributed by atoms with van der Waals surface area (Å²) in [4.78, 5) is 75.4. The van der Waals surface area contributed by atoms with Gasteiger partial charge < -0.3 is 28.6 Å². The Labute approximate surface area is 422 Å². The largest absolute Gasteiger partial charge is 1.00 e. The van der Waals surface area contributed by atoms with Gasteiger partial charge in [-0.1, -0.05) is 76.0 Å². The second-order valence-corrected chi connectivity index (χ2v) is 18.1. The number of rotatable bonds is 10. The Morgan fingerprint density at radius 3 is 1.49 bits per heavy atom. The number of nitrogens with zero attached hydrogens (tertiary/aromatic N) is 8. The molecule has 0 saturated carbocycles. The van der Waals surface area contributed by atoms with Gasteiger partial charge in [-0.2, -0.15) is 21.6 Å². The zero-order valence-electron chi connectivity index (χ0n) is 34.1. The van der Waals surface area contributed by atoms with Gasteiger partial charge in [-0.15, -0.1) is 22.7 Å². The number of hydrogen-bond donors (Lipinski definition) is 1. The van der Waals surface area contributed by atoms with Crippen molar-refractivity contribution in [2.45, 2.75) is 26.1 Å². The molecule has 344 valence electrons. The zero-order valence-corrected chi connectivity index (χ0v) is 43.3. The van der Waals surface area contributed by atoms with Crippen molar-refractivity contribution in [2.75, 3.05) is 46.4 Å². The minimum atomic E-state index is -5.96. The molecule has 33 heteroatoms. The van der Waals surface area contributed by atoms with Crippen LogP contribution in [-0.2, 0) is 24.3 Å². The third-order valence-electron chi connectivity index (χ3n) is 6.71. The van der Waals surface area contributed by atoms with Gasteiger partial charge in [0, 0.05) is 12.4 Å². The first-order chi connectivity index (χ1) is 30.1. The van der Waals surface area contributed by atoms with E-state index in [2.05, 4.69) is 58.3 Å². The van der Waals surface area contributed by atoms with Crippen LogP contribution >= 0.6 is 92.9 Å². The van der Waals surface area contributed by atoms with Crippen LogP contribution in [0.3, 0.4) is 0 Å². The summed E-state index contributed by atoms with van der Waals surface area (Å²) in [6.07, 6.45) is 12.5. The van der Waals surface area contributed by atoms with Crippen molar-refractivity contribution in [3.63, 3.8) is 0 Å². The minimum Gasteiger partial charge on any atom is -0.870 e. The summed E-state index contributed by atoms with van der Waals surface area (Å²) >= 11 is 18.0. The van der Waals surface area contributed by atoms with E-state index in [1.54, 1.807) is 18.7 Å². The van der Waals surface area contributed by atoms with Gasteiger partial charge >= 0.3 is 69.1 Å². The van der Waals surface area contributed by atoms with Gasteiger partial charge in [-0.05, 0) is 25.0 Å². The first-order valence-corrected chi connectivity index (χ1v) is 24.8. The number of carbonyl (C=O) groups excluding carboxylic acids is 3. The fourth-order valence-corrected chi connectivity index (χ4v) is 7.99. The molecule has 0 saturated heterocycles. The van der Waals surface area contributed by atoms with Gasteiger partial charge in [-0.25, -0.2) is 59.0 Å². The van der Waals surface area contributed by atoms with Crippen LogP contribution in [0.25, 0.3) is 20.4 Å². The molecule has 6 aromatic heterocycles. The Morgan fingerprint density at radius 1 is 0.662 bits per heavy atom. The number of alkyl halides is 3. The van der Waals surface area contributed by atoms with E-state index in [-0.39, 0.29) is 82.5 Å². The zero-order chi connectivity index (χ0) is 48.1. The van der Waals surface area contributed by atoms with Gasteiger partial charge in [0.2, 0.25) is 0 Å². The maximum absolute atomic E-state index is 12.5. The SMILES string of the molecule is COC(=O)c1nc(SC)ncc1Cl.COC(=O)c1sc2cnc(SC)nc2c1OS(=O)(=O)C(F)(F)F.COC(=O)c1sc2cnc(SC)nc2c1[O-].CSc1ncc(Cl)c(C(=O)O)n1.[Na+]. The van der Waals surface area contributed by atoms with Crippen molar-refractivity contribution in [2.24, 2.45) is 0 Å². The summed E-state index contributed by atoms with van der Waals surface area (Å²) < 4.78 is 78.4. The van der Waals surface area contributed by atoms with Crippen LogP contribution in [0.15, 0.2) is 45.4 Å². The van der Waals surface area contributed by atoms with E-state index in [9.17, 15) is 45.9 Å². The summed E-state index contributed by atoms with van der Waals surface area (Å²) in [5.41, 5.74) is -5.64. The second-order valence-electron chi connectivity index (χ2n) is 10.5. The molecule has 0 aliphatic carbocycles. The van der Waals surface area contributed by atoms with Gasteiger partial charge in [0.1, 0.15) is 10.4 Å². The van der Waals surface area contributed by atoms with Crippen molar-refractivity contribution in [1.82, 2.24) is 39.9 Å². The summed E-state index contributed by atoms with van der Waals surface area (Å²) in [6, 6.07) is 0. The molecule has 0 amide bonds. The maximum atomic E-state index is 12.5. The number of carboxylic acids is 1. The van der Waals surface area contributed by atoms with E-state index in [0.29, 0.717) is 31.5 Å². The van der Waals surface area contributed by atoms with Gasteiger partial charge in [-0.3, -0.25) is 0 Å². The molecule has 0 fully saturated rings. The Kier molecular flexibility index (Phi) is 23.1. The van der Waals surface area contributed by atoms with E-state index in [0.717, 1.165) is 30.2 Å². The summed E-state index contributed by atoms with van der Waals surface area (Å²) in [6.45, 7) is 0. The number of aromatic carboxylic acids is 1. The van der Waals surface area contributed by atoms with E-state index in [1.165, 1.54) is 68.1 Å². The van der Waals surface area contributed by atoms with Crippen LogP contribution in [-0.4, -0.2) is 129 Å². The molecule has 0 aromatic carbocycles. The number of fused-ring (bicyclic) bond motifs is 2. The molecule has 65 heavy (non-hydrogen) atoms. The van der Waals surface area contributed by atoms with E-state index >= 15 is 0 Å². The number of carboxylic acid groups (broad SMARTS) is 1. The number of hydrogen-bond acceptors (Lipinski definition) is 25. The average Bonchev–Trinajstić information content (AvgIpc) is 3.81. The van der Waals surface area contributed by atoms with E-state index < -0.39 is 50.1 Å². The second kappa shape index (κ2) is 26.1. The van der Waals surface area contributed by atoms with Crippen LogP contribution < -0.4 is 38.8 Å². The Hall–Kier alpha value is -3.56. The van der Waals surface area contributed by atoms with Crippen LogP contribution in [0, 0.1) is 0 Å². The summed E-state index contributed by atoms with van der Waals surface area (Å²) in [5, 5.41) is 22.2.